The molecule has 0 unspecified atom stereocenters. The second-order valence-electron chi connectivity index (χ2n) is 5.96. The summed E-state index contributed by atoms with van der Waals surface area (Å²) in [5.74, 6) is -0.293. The van der Waals surface area contributed by atoms with Crippen molar-refractivity contribution in [3.05, 3.63) is 64.7 Å². The third kappa shape index (κ3) is 3.94. The molecule has 1 heterocycles. The fourth-order valence-corrected chi connectivity index (χ4v) is 3.05. The molecule has 0 atom stereocenters. The summed E-state index contributed by atoms with van der Waals surface area (Å²) in [4.78, 5) is 28.6. The highest BCUT2D eigenvalue weighted by Gasteiger charge is 2.24. The van der Waals surface area contributed by atoms with Gasteiger partial charge in [-0.3, -0.25) is 9.59 Å². The normalized spacial score (nSPS) is 14.9. The van der Waals surface area contributed by atoms with E-state index in [0.717, 1.165) is 0 Å². The summed E-state index contributed by atoms with van der Waals surface area (Å²) >= 11 is 5.86. The van der Waals surface area contributed by atoms with Crippen molar-refractivity contribution in [2.75, 3.05) is 26.2 Å². The van der Waals surface area contributed by atoms with Crippen molar-refractivity contribution in [1.82, 2.24) is 9.80 Å². The lowest BCUT2D eigenvalue weighted by molar-refractivity contribution is 0.0717. The van der Waals surface area contributed by atoms with Gasteiger partial charge < -0.3 is 14.9 Å². The number of amides is 2. The molecule has 6 heteroatoms. The molecule has 1 saturated heterocycles. The third-order valence-corrected chi connectivity index (χ3v) is 4.55. The maximum atomic E-state index is 12.6. The highest BCUT2D eigenvalue weighted by Crippen LogP contribution is 2.19. The van der Waals surface area contributed by atoms with Gasteiger partial charge in [-0.15, -0.1) is 0 Å². The van der Waals surface area contributed by atoms with Gasteiger partial charge in [0.15, 0.2) is 0 Å². The van der Waals surface area contributed by atoms with Gasteiger partial charge in [-0.1, -0.05) is 23.7 Å². The van der Waals surface area contributed by atoms with Crippen LogP contribution < -0.4 is 0 Å². The van der Waals surface area contributed by atoms with Crippen molar-refractivity contribution in [3.63, 3.8) is 0 Å². The molecule has 1 fully saturated rings. The Morgan fingerprint density at radius 2 is 1.44 bits per heavy atom. The monoisotopic (exact) mass is 358 g/mol. The molecule has 25 heavy (non-hydrogen) atoms. The number of halogens is 1. The van der Waals surface area contributed by atoms with Crippen molar-refractivity contribution in [3.8, 4) is 5.75 Å². The second kappa shape index (κ2) is 7.57. The molecule has 0 aromatic heterocycles. The van der Waals surface area contributed by atoms with E-state index in [2.05, 4.69) is 0 Å². The summed E-state index contributed by atoms with van der Waals surface area (Å²) in [7, 11) is 0. The molecule has 2 aromatic carbocycles. The van der Waals surface area contributed by atoms with Crippen LogP contribution in [0.2, 0.25) is 5.02 Å². The zero-order valence-electron chi connectivity index (χ0n) is 13.7. The van der Waals surface area contributed by atoms with Crippen LogP contribution in [0.1, 0.15) is 27.1 Å². The predicted molar refractivity (Wildman–Crippen MR) is 96.0 cm³/mol. The lowest BCUT2D eigenvalue weighted by Crippen LogP contribution is -2.37. The van der Waals surface area contributed by atoms with Crippen molar-refractivity contribution in [1.29, 1.82) is 0 Å². The molecule has 0 aliphatic carbocycles. The zero-order chi connectivity index (χ0) is 17.8. The average Bonchev–Trinajstić information content (AvgIpc) is 2.88. The number of carbonyl (C=O) groups excluding carboxylic acids is 2. The van der Waals surface area contributed by atoms with E-state index in [-0.39, 0.29) is 17.6 Å². The molecule has 1 aliphatic rings. The van der Waals surface area contributed by atoms with E-state index in [4.69, 9.17) is 11.6 Å². The smallest absolute Gasteiger partial charge is 0.257 e. The van der Waals surface area contributed by atoms with E-state index in [1.54, 1.807) is 52.3 Å². The van der Waals surface area contributed by atoms with Gasteiger partial charge >= 0.3 is 0 Å². The molecule has 130 valence electrons. The number of aromatic hydroxyl groups is 1. The van der Waals surface area contributed by atoms with Crippen LogP contribution in [0.4, 0.5) is 0 Å². The van der Waals surface area contributed by atoms with Gasteiger partial charge in [0.2, 0.25) is 0 Å². The molecule has 0 saturated carbocycles. The average molecular weight is 359 g/mol. The number of phenols is 1. The minimum absolute atomic E-state index is 0.0224. The number of rotatable bonds is 2. The number of nitrogens with zero attached hydrogens (tertiary/aromatic N) is 2. The summed E-state index contributed by atoms with van der Waals surface area (Å²) in [5, 5.41) is 10.5. The molecule has 0 radical (unpaired) electrons. The highest BCUT2D eigenvalue weighted by atomic mass is 35.5. The minimum Gasteiger partial charge on any atom is -0.507 e. The topological polar surface area (TPSA) is 60.9 Å². The maximum absolute atomic E-state index is 12.6. The Labute approximate surface area is 151 Å². The molecule has 1 N–H and O–H groups in total. The first-order chi connectivity index (χ1) is 12.1. The molecule has 2 amide bonds. The van der Waals surface area contributed by atoms with Gasteiger partial charge in [0, 0.05) is 36.8 Å². The quantitative estimate of drug-likeness (QED) is 0.897. The van der Waals surface area contributed by atoms with E-state index in [9.17, 15) is 14.7 Å². The fourth-order valence-electron chi connectivity index (χ4n) is 2.92. The van der Waals surface area contributed by atoms with Crippen LogP contribution in [0.25, 0.3) is 0 Å². The van der Waals surface area contributed by atoms with Crippen molar-refractivity contribution in [2.24, 2.45) is 0 Å². The Morgan fingerprint density at radius 1 is 0.840 bits per heavy atom. The summed E-state index contributed by atoms with van der Waals surface area (Å²) < 4.78 is 0. The van der Waals surface area contributed by atoms with Gasteiger partial charge in [-0.05, 0) is 42.8 Å². The minimum atomic E-state index is -0.209. The number of carbonyl (C=O) groups is 2. The van der Waals surface area contributed by atoms with Gasteiger partial charge in [0.25, 0.3) is 11.8 Å². The summed E-state index contributed by atoms with van der Waals surface area (Å²) in [6.45, 7) is 2.04. The number of para-hydroxylation sites is 1. The van der Waals surface area contributed by atoms with Crippen LogP contribution >= 0.6 is 11.6 Å². The summed E-state index contributed by atoms with van der Waals surface area (Å²) in [6.07, 6.45) is 0.693. The third-order valence-electron chi connectivity index (χ3n) is 4.30. The fraction of sp³-hybridized carbons (Fsp3) is 0.263. The first-order valence-corrected chi connectivity index (χ1v) is 8.56. The Morgan fingerprint density at radius 3 is 2.08 bits per heavy atom. The predicted octanol–water partition coefficient (Wildman–Crippen LogP) is 3.03. The van der Waals surface area contributed by atoms with Crippen molar-refractivity contribution < 1.29 is 14.7 Å². The van der Waals surface area contributed by atoms with E-state index in [1.807, 2.05) is 0 Å². The summed E-state index contributed by atoms with van der Waals surface area (Å²) in [6, 6.07) is 13.3. The van der Waals surface area contributed by atoms with E-state index >= 15 is 0 Å². The van der Waals surface area contributed by atoms with Crippen LogP contribution in [0.5, 0.6) is 5.75 Å². The molecule has 3 rings (SSSR count). The number of hydrogen-bond donors (Lipinski definition) is 1. The van der Waals surface area contributed by atoms with E-state index < -0.39 is 0 Å². The molecule has 2 aromatic rings. The molecular weight excluding hydrogens is 340 g/mol. The number of benzene rings is 2. The van der Waals surface area contributed by atoms with Crippen LogP contribution in [0, 0.1) is 0 Å². The Bertz CT molecular complexity index is 776. The molecule has 1 aliphatic heterocycles. The number of phenolic OH excluding ortho intramolecular Hbond substituents is 1. The van der Waals surface area contributed by atoms with Crippen LogP contribution in [0.15, 0.2) is 48.5 Å². The first kappa shape index (κ1) is 17.3. The molecule has 0 spiro atoms. The van der Waals surface area contributed by atoms with Gasteiger partial charge in [0.05, 0.1) is 5.56 Å². The lowest BCUT2D eigenvalue weighted by atomic mass is 10.1. The largest absolute Gasteiger partial charge is 0.507 e. The standard InChI is InChI=1S/C19H19ClN2O3/c20-15-8-6-14(7-9-15)18(24)21-10-3-11-22(13-12-21)19(25)16-4-1-2-5-17(16)23/h1-2,4-9,23H,3,10-13H2. The second-order valence-corrected chi connectivity index (χ2v) is 6.40. The Kier molecular flexibility index (Phi) is 5.24. The lowest BCUT2D eigenvalue weighted by Gasteiger charge is -2.22. The van der Waals surface area contributed by atoms with Crippen molar-refractivity contribution >= 4 is 23.4 Å². The molecule has 5 nitrogen and oxygen atoms in total. The van der Waals surface area contributed by atoms with Crippen molar-refractivity contribution in [2.45, 2.75) is 6.42 Å². The summed E-state index contributed by atoms with van der Waals surface area (Å²) in [5.41, 5.74) is 0.879. The Balaban J connectivity index is 1.68. The Hall–Kier alpha value is -2.53. The maximum Gasteiger partial charge on any atom is 0.257 e. The van der Waals surface area contributed by atoms with Gasteiger partial charge in [-0.2, -0.15) is 0 Å². The number of hydrogen-bond acceptors (Lipinski definition) is 3. The zero-order valence-corrected chi connectivity index (χ0v) is 14.4. The van der Waals surface area contributed by atoms with Gasteiger partial charge in [-0.25, -0.2) is 0 Å². The highest BCUT2D eigenvalue weighted by molar-refractivity contribution is 6.30. The van der Waals surface area contributed by atoms with Crippen LogP contribution in [0.3, 0.4) is 0 Å². The SMILES string of the molecule is O=C(c1ccc(Cl)cc1)N1CCCN(C(=O)c2ccccc2O)CC1. The van der Waals surface area contributed by atoms with E-state index in [1.165, 1.54) is 6.07 Å². The first-order valence-electron chi connectivity index (χ1n) is 8.18. The van der Waals surface area contributed by atoms with Crippen LogP contribution in [-0.2, 0) is 0 Å². The van der Waals surface area contributed by atoms with E-state index in [0.29, 0.717) is 48.7 Å². The van der Waals surface area contributed by atoms with Crippen LogP contribution in [-0.4, -0.2) is 52.9 Å². The van der Waals surface area contributed by atoms with Gasteiger partial charge in [0.1, 0.15) is 5.75 Å². The molecule has 0 bridgehead atoms. The molecular formula is C19H19ClN2O3.